The molecule has 1 heterocycles. The third kappa shape index (κ3) is 2.59. The maximum Gasteiger partial charge on any atom is 0.150 e. The maximum atomic E-state index is 5.18. The summed E-state index contributed by atoms with van der Waals surface area (Å²) in [5, 5.41) is 7.46. The molecule has 0 amide bonds. The fourth-order valence-corrected chi connectivity index (χ4v) is 2.53. The molecule has 0 radical (unpaired) electrons. The molecule has 0 bridgehead atoms. The van der Waals surface area contributed by atoms with Crippen molar-refractivity contribution < 1.29 is 4.52 Å². The minimum Gasteiger partial charge on any atom is -0.360 e. The summed E-state index contributed by atoms with van der Waals surface area (Å²) in [5.74, 6) is 1.81. The third-order valence-electron chi connectivity index (χ3n) is 3.40. The molecule has 1 N–H and O–H groups in total. The molecule has 3 heteroatoms. The normalized spacial score (nSPS) is 26.0. The van der Waals surface area contributed by atoms with Crippen molar-refractivity contribution in [3.8, 4) is 0 Å². The molecule has 0 aromatic carbocycles. The highest BCUT2D eigenvalue weighted by atomic mass is 16.5. The van der Waals surface area contributed by atoms with Crippen LogP contribution in [0.2, 0.25) is 0 Å². The average molecular weight is 208 g/mol. The van der Waals surface area contributed by atoms with Crippen LogP contribution in [-0.4, -0.2) is 11.2 Å². The molecule has 1 aliphatic carbocycles. The fraction of sp³-hybridized carbons (Fsp3) is 0.750. The first-order chi connectivity index (χ1) is 7.29. The maximum absolute atomic E-state index is 5.18. The van der Waals surface area contributed by atoms with E-state index in [4.69, 9.17) is 4.52 Å². The standard InChI is InChI=1S/C12H20N2O/c1-3-10-5-4-6-12(10)13-8-11-7-9(2)14-15-11/h7,10,12-13H,3-6,8H2,1-2H3. The molecule has 84 valence electrons. The summed E-state index contributed by atoms with van der Waals surface area (Å²) >= 11 is 0. The predicted octanol–water partition coefficient (Wildman–Crippen LogP) is 2.65. The molecular formula is C12H20N2O. The zero-order chi connectivity index (χ0) is 10.7. The number of aryl methyl sites for hydroxylation is 1. The molecule has 0 aliphatic heterocycles. The van der Waals surface area contributed by atoms with Crippen molar-refractivity contribution in [2.24, 2.45) is 5.92 Å². The van der Waals surface area contributed by atoms with E-state index >= 15 is 0 Å². The van der Waals surface area contributed by atoms with E-state index in [1.165, 1.54) is 25.7 Å². The molecule has 2 atom stereocenters. The topological polar surface area (TPSA) is 38.1 Å². The Hall–Kier alpha value is -0.830. The van der Waals surface area contributed by atoms with Crippen molar-refractivity contribution in [1.29, 1.82) is 0 Å². The van der Waals surface area contributed by atoms with E-state index in [1.54, 1.807) is 0 Å². The number of aromatic nitrogens is 1. The molecule has 1 aromatic rings. The van der Waals surface area contributed by atoms with E-state index in [9.17, 15) is 0 Å². The monoisotopic (exact) mass is 208 g/mol. The SMILES string of the molecule is CCC1CCCC1NCc1cc(C)no1. The Labute approximate surface area is 91.2 Å². The van der Waals surface area contributed by atoms with Gasteiger partial charge >= 0.3 is 0 Å². The molecule has 0 saturated heterocycles. The summed E-state index contributed by atoms with van der Waals surface area (Å²) in [4.78, 5) is 0. The van der Waals surface area contributed by atoms with Gasteiger partial charge in [-0.15, -0.1) is 0 Å². The lowest BCUT2D eigenvalue weighted by atomic mass is 10.0. The van der Waals surface area contributed by atoms with Crippen LogP contribution >= 0.6 is 0 Å². The molecule has 2 rings (SSSR count). The highest BCUT2D eigenvalue weighted by Crippen LogP contribution is 2.28. The highest BCUT2D eigenvalue weighted by molar-refractivity contribution is 5.03. The van der Waals surface area contributed by atoms with Crippen LogP contribution in [0.15, 0.2) is 10.6 Å². The first-order valence-corrected chi connectivity index (χ1v) is 5.95. The summed E-state index contributed by atoms with van der Waals surface area (Å²) in [6.07, 6.45) is 5.34. The molecule has 15 heavy (non-hydrogen) atoms. The summed E-state index contributed by atoms with van der Waals surface area (Å²) in [5.41, 5.74) is 0.963. The second-order valence-electron chi connectivity index (χ2n) is 4.52. The van der Waals surface area contributed by atoms with E-state index in [1.807, 2.05) is 13.0 Å². The van der Waals surface area contributed by atoms with Crippen LogP contribution in [0.1, 0.15) is 44.1 Å². The Morgan fingerprint density at radius 1 is 1.53 bits per heavy atom. The Bertz CT molecular complexity index is 308. The van der Waals surface area contributed by atoms with Gasteiger partial charge in [0, 0.05) is 12.1 Å². The van der Waals surface area contributed by atoms with Crippen molar-refractivity contribution >= 4 is 0 Å². The minimum atomic E-state index is 0.681. The third-order valence-corrected chi connectivity index (χ3v) is 3.40. The number of nitrogens with one attached hydrogen (secondary N) is 1. The molecule has 0 spiro atoms. The van der Waals surface area contributed by atoms with Crippen LogP contribution in [0, 0.1) is 12.8 Å². The molecule has 1 fully saturated rings. The zero-order valence-corrected chi connectivity index (χ0v) is 9.62. The van der Waals surface area contributed by atoms with Crippen molar-refractivity contribution in [1.82, 2.24) is 10.5 Å². The summed E-state index contributed by atoms with van der Waals surface area (Å²) < 4.78 is 5.18. The summed E-state index contributed by atoms with van der Waals surface area (Å²) in [6, 6.07) is 2.68. The van der Waals surface area contributed by atoms with Crippen LogP contribution in [0.3, 0.4) is 0 Å². The van der Waals surface area contributed by atoms with Crippen molar-refractivity contribution in [3.05, 3.63) is 17.5 Å². The number of hydrogen-bond acceptors (Lipinski definition) is 3. The molecule has 2 unspecified atom stereocenters. The molecule has 1 saturated carbocycles. The zero-order valence-electron chi connectivity index (χ0n) is 9.62. The minimum absolute atomic E-state index is 0.681. The van der Waals surface area contributed by atoms with Crippen molar-refractivity contribution in [2.45, 2.75) is 52.1 Å². The van der Waals surface area contributed by atoms with Gasteiger partial charge in [0.25, 0.3) is 0 Å². The van der Waals surface area contributed by atoms with Gasteiger partial charge < -0.3 is 9.84 Å². The van der Waals surface area contributed by atoms with Gasteiger partial charge in [-0.1, -0.05) is 24.9 Å². The lowest BCUT2D eigenvalue weighted by Crippen LogP contribution is -2.31. The average Bonchev–Trinajstić information content (AvgIpc) is 2.83. The Kier molecular flexibility index (Phi) is 3.41. The highest BCUT2D eigenvalue weighted by Gasteiger charge is 2.25. The van der Waals surface area contributed by atoms with Crippen LogP contribution in [-0.2, 0) is 6.54 Å². The molecule has 3 nitrogen and oxygen atoms in total. The van der Waals surface area contributed by atoms with Gasteiger partial charge in [-0.25, -0.2) is 0 Å². The Morgan fingerprint density at radius 2 is 2.40 bits per heavy atom. The van der Waals surface area contributed by atoms with E-state index in [-0.39, 0.29) is 0 Å². The van der Waals surface area contributed by atoms with Gasteiger partial charge in [0.15, 0.2) is 5.76 Å². The van der Waals surface area contributed by atoms with Gasteiger partial charge in [0.2, 0.25) is 0 Å². The van der Waals surface area contributed by atoms with Gasteiger partial charge in [-0.3, -0.25) is 0 Å². The molecular weight excluding hydrogens is 188 g/mol. The Morgan fingerprint density at radius 3 is 3.07 bits per heavy atom. The van der Waals surface area contributed by atoms with E-state index in [0.717, 1.165) is 23.9 Å². The lowest BCUT2D eigenvalue weighted by molar-refractivity contribution is 0.336. The molecule has 1 aliphatic rings. The van der Waals surface area contributed by atoms with Crippen LogP contribution in [0.5, 0.6) is 0 Å². The van der Waals surface area contributed by atoms with E-state index < -0.39 is 0 Å². The first kappa shape index (κ1) is 10.7. The summed E-state index contributed by atoms with van der Waals surface area (Å²) in [7, 11) is 0. The van der Waals surface area contributed by atoms with Gasteiger partial charge in [0.1, 0.15) is 0 Å². The van der Waals surface area contributed by atoms with Crippen LogP contribution in [0.4, 0.5) is 0 Å². The van der Waals surface area contributed by atoms with Crippen molar-refractivity contribution in [3.63, 3.8) is 0 Å². The quantitative estimate of drug-likeness (QED) is 0.826. The second kappa shape index (κ2) is 4.79. The van der Waals surface area contributed by atoms with Crippen LogP contribution in [0.25, 0.3) is 0 Å². The first-order valence-electron chi connectivity index (χ1n) is 5.95. The predicted molar refractivity (Wildman–Crippen MR) is 59.5 cm³/mol. The van der Waals surface area contributed by atoms with E-state index in [0.29, 0.717) is 6.04 Å². The van der Waals surface area contributed by atoms with Gasteiger partial charge in [-0.05, 0) is 25.7 Å². The number of rotatable bonds is 4. The summed E-state index contributed by atoms with van der Waals surface area (Å²) in [6.45, 7) is 5.06. The number of hydrogen-bond donors (Lipinski definition) is 1. The van der Waals surface area contributed by atoms with E-state index in [2.05, 4.69) is 17.4 Å². The fourth-order valence-electron chi connectivity index (χ4n) is 2.53. The van der Waals surface area contributed by atoms with Crippen molar-refractivity contribution in [2.75, 3.05) is 0 Å². The lowest BCUT2D eigenvalue weighted by Gasteiger charge is -2.18. The molecule has 1 aromatic heterocycles. The Balaban J connectivity index is 1.82. The smallest absolute Gasteiger partial charge is 0.150 e. The van der Waals surface area contributed by atoms with Crippen LogP contribution < -0.4 is 5.32 Å². The number of nitrogens with zero attached hydrogens (tertiary/aromatic N) is 1. The second-order valence-corrected chi connectivity index (χ2v) is 4.52. The van der Waals surface area contributed by atoms with Gasteiger partial charge in [0.05, 0.1) is 12.2 Å². The van der Waals surface area contributed by atoms with Gasteiger partial charge in [-0.2, -0.15) is 0 Å². The largest absolute Gasteiger partial charge is 0.360 e.